The Morgan fingerprint density at radius 2 is 2.06 bits per heavy atom. The Bertz CT molecular complexity index is 1470. The number of carbonyl (C=O) groups is 2. The predicted molar refractivity (Wildman–Crippen MR) is 128 cm³/mol. The number of fused-ring (bicyclic) bond motifs is 2. The number of aromatic nitrogens is 5. The van der Waals surface area contributed by atoms with E-state index in [-0.39, 0.29) is 29.9 Å². The number of rotatable bonds is 6. The maximum atomic E-state index is 12.8. The van der Waals surface area contributed by atoms with E-state index in [1.807, 2.05) is 44.4 Å². The molecule has 35 heavy (non-hydrogen) atoms. The van der Waals surface area contributed by atoms with E-state index in [0.717, 1.165) is 47.9 Å². The molecule has 180 valence electrons. The number of hydrogen-bond acceptors (Lipinski definition) is 6. The minimum Gasteiger partial charge on any atom is -0.474 e. The Morgan fingerprint density at radius 1 is 1.26 bits per heavy atom. The average Bonchev–Trinajstić information content (AvgIpc) is 3.31. The second-order valence-electron chi connectivity index (χ2n) is 9.99. The molecule has 1 spiro atoms. The highest BCUT2D eigenvalue weighted by atomic mass is 16.5. The van der Waals surface area contributed by atoms with Crippen LogP contribution in [0.5, 0.6) is 5.88 Å². The first-order chi connectivity index (χ1) is 16.8. The van der Waals surface area contributed by atoms with Crippen LogP contribution in [0.4, 0.5) is 0 Å². The Kier molecular flexibility index (Phi) is 4.80. The third-order valence-corrected chi connectivity index (χ3v) is 7.37. The van der Waals surface area contributed by atoms with Crippen LogP contribution in [0.25, 0.3) is 16.6 Å². The lowest BCUT2D eigenvalue weighted by Crippen LogP contribution is -2.58. The van der Waals surface area contributed by atoms with Gasteiger partial charge in [-0.1, -0.05) is 6.07 Å². The smallest absolute Gasteiger partial charge is 0.255 e. The lowest BCUT2D eigenvalue weighted by molar-refractivity contribution is -0.117. The second-order valence-corrected chi connectivity index (χ2v) is 9.99. The first kappa shape index (κ1) is 21.6. The second kappa shape index (κ2) is 7.79. The molecule has 2 fully saturated rings. The minimum absolute atomic E-state index is 0.0252. The molecule has 4 aromatic heterocycles. The van der Waals surface area contributed by atoms with Gasteiger partial charge in [0.25, 0.3) is 5.91 Å². The normalized spacial score (nSPS) is 23.3. The third-order valence-electron chi connectivity index (χ3n) is 7.37. The van der Waals surface area contributed by atoms with Gasteiger partial charge in [-0.25, -0.2) is 4.52 Å². The third kappa shape index (κ3) is 3.69. The molecule has 2 amide bonds. The van der Waals surface area contributed by atoms with Gasteiger partial charge in [-0.2, -0.15) is 15.2 Å². The molecule has 2 aliphatic carbocycles. The van der Waals surface area contributed by atoms with Crippen molar-refractivity contribution in [2.75, 3.05) is 0 Å². The lowest BCUT2D eigenvalue weighted by atomic mass is 9.53. The SMILES string of the molecule is Cc1nn(C)c2nc(OC3CC4(CC(NC(=O)c5cnn6ccccc56)C4)C3)c(CC(N)=O)cc12. The fourth-order valence-corrected chi connectivity index (χ4v) is 5.73. The summed E-state index contributed by atoms with van der Waals surface area (Å²) in [5.41, 5.74) is 9.32. The number of ether oxygens (including phenoxy) is 1. The van der Waals surface area contributed by atoms with Gasteiger partial charge in [-0.15, -0.1) is 0 Å². The van der Waals surface area contributed by atoms with Crippen LogP contribution < -0.4 is 15.8 Å². The van der Waals surface area contributed by atoms with E-state index in [0.29, 0.717) is 17.0 Å². The molecule has 4 aromatic rings. The molecular weight excluding hydrogens is 446 g/mol. The van der Waals surface area contributed by atoms with Gasteiger partial charge in [-0.3, -0.25) is 14.3 Å². The van der Waals surface area contributed by atoms with Gasteiger partial charge >= 0.3 is 0 Å². The summed E-state index contributed by atoms with van der Waals surface area (Å²) in [5.74, 6) is -0.0546. The number of carbonyl (C=O) groups excluding carboxylic acids is 2. The summed E-state index contributed by atoms with van der Waals surface area (Å²) in [6, 6.07) is 7.74. The maximum absolute atomic E-state index is 12.8. The molecule has 0 aromatic carbocycles. The Labute approximate surface area is 201 Å². The molecule has 3 N–H and O–H groups in total. The van der Waals surface area contributed by atoms with Gasteiger partial charge in [0.15, 0.2) is 5.65 Å². The van der Waals surface area contributed by atoms with Crippen molar-refractivity contribution < 1.29 is 14.3 Å². The van der Waals surface area contributed by atoms with Crippen LogP contribution in [0.1, 0.15) is 47.3 Å². The van der Waals surface area contributed by atoms with Crippen LogP contribution in [0.2, 0.25) is 0 Å². The van der Waals surface area contributed by atoms with Crippen molar-refractivity contribution >= 4 is 28.4 Å². The van der Waals surface area contributed by atoms with Gasteiger partial charge < -0.3 is 15.8 Å². The summed E-state index contributed by atoms with van der Waals surface area (Å²) in [5, 5.41) is 12.7. The van der Waals surface area contributed by atoms with Crippen molar-refractivity contribution in [1.82, 2.24) is 29.7 Å². The molecule has 10 nitrogen and oxygen atoms in total. The topological polar surface area (TPSA) is 129 Å². The number of nitrogens with two attached hydrogens (primary N) is 1. The summed E-state index contributed by atoms with van der Waals surface area (Å²) in [7, 11) is 1.84. The zero-order chi connectivity index (χ0) is 24.3. The number of amides is 2. The largest absolute Gasteiger partial charge is 0.474 e. The van der Waals surface area contributed by atoms with Crippen molar-refractivity contribution in [2.45, 2.75) is 51.2 Å². The molecule has 0 saturated heterocycles. The summed E-state index contributed by atoms with van der Waals surface area (Å²) in [4.78, 5) is 29.1. The zero-order valence-corrected chi connectivity index (χ0v) is 19.7. The standard InChI is InChI=1S/C25H27N7O3/c1-14-18-7-15(8-21(26)33)24(29-22(18)31(2)30-14)35-17-11-25(12-17)9-16(10-25)28-23(34)19-13-27-32-6-4-3-5-20(19)32/h3-7,13,16-17H,8-12H2,1-2H3,(H2,26,33)(H,28,34). The predicted octanol–water partition coefficient (Wildman–Crippen LogP) is 2.07. The number of aryl methyl sites for hydroxylation is 2. The van der Waals surface area contributed by atoms with E-state index in [1.165, 1.54) is 0 Å². The Morgan fingerprint density at radius 3 is 2.83 bits per heavy atom. The van der Waals surface area contributed by atoms with E-state index < -0.39 is 5.91 Å². The minimum atomic E-state index is -0.425. The Hall–Kier alpha value is -3.95. The zero-order valence-electron chi connectivity index (χ0n) is 19.7. The highest BCUT2D eigenvalue weighted by Crippen LogP contribution is 2.57. The molecule has 6 rings (SSSR count). The summed E-state index contributed by atoms with van der Waals surface area (Å²) in [6.07, 6.45) is 7.20. The van der Waals surface area contributed by atoms with Gasteiger partial charge in [0.1, 0.15) is 6.10 Å². The lowest BCUT2D eigenvalue weighted by Gasteiger charge is -2.57. The number of nitrogens with one attached hydrogen (secondary N) is 1. The number of nitrogens with zero attached hydrogens (tertiary/aromatic N) is 5. The highest BCUT2D eigenvalue weighted by molar-refractivity contribution is 6.00. The van der Waals surface area contributed by atoms with Crippen LogP contribution >= 0.6 is 0 Å². The molecule has 10 heteroatoms. The first-order valence-electron chi connectivity index (χ1n) is 11.8. The van der Waals surface area contributed by atoms with Gasteiger partial charge in [0, 0.05) is 30.2 Å². The summed E-state index contributed by atoms with van der Waals surface area (Å²) >= 11 is 0. The molecular formula is C25H27N7O3. The number of pyridine rings is 2. The van der Waals surface area contributed by atoms with Gasteiger partial charge in [-0.05, 0) is 56.2 Å². The molecule has 0 aliphatic heterocycles. The number of hydrogen-bond donors (Lipinski definition) is 2. The van der Waals surface area contributed by atoms with Crippen LogP contribution in [0.15, 0.2) is 36.7 Å². The fourth-order valence-electron chi connectivity index (χ4n) is 5.73. The van der Waals surface area contributed by atoms with Crippen molar-refractivity contribution in [3.05, 3.63) is 53.5 Å². The molecule has 4 heterocycles. The Balaban J connectivity index is 1.09. The van der Waals surface area contributed by atoms with E-state index in [2.05, 4.69) is 20.5 Å². The molecule has 2 aliphatic rings. The van der Waals surface area contributed by atoms with Crippen LogP contribution in [0, 0.1) is 12.3 Å². The van der Waals surface area contributed by atoms with Crippen molar-refractivity contribution in [3.63, 3.8) is 0 Å². The summed E-state index contributed by atoms with van der Waals surface area (Å²) < 4.78 is 9.67. The average molecular weight is 474 g/mol. The molecule has 0 radical (unpaired) electrons. The fraction of sp³-hybridized carbons (Fsp3) is 0.400. The monoisotopic (exact) mass is 473 g/mol. The quantitative estimate of drug-likeness (QED) is 0.441. The first-order valence-corrected chi connectivity index (χ1v) is 11.8. The summed E-state index contributed by atoms with van der Waals surface area (Å²) in [6.45, 7) is 1.91. The molecule has 0 unspecified atom stereocenters. The maximum Gasteiger partial charge on any atom is 0.255 e. The highest BCUT2D eigenvalue weighted by Gasteiger charge is 2.54. The van der Waals surface area contributed by atoms with Crippen molar-refractivity contribution in [3.8, 4) is 5.88 Å². The molecule has 2 saturated carbocycles. The van der Waals surface area contributed by atoms with Crippen molar-refractivity contribution in [1.29, 1.82) is 0 Å². The molecule has 0 atom stereocenters. The molecule has 0 bridgehead atoms. The van der Waals surface area contributed by atoms with Crippen molar-refractivity contribution in [2.24, 2.45) is 18.2 Å². The number of primary amides is 1. The van der Waals surface area contributed by atoms with E-state index in [4.69, 9.17) is 10.5 Å². The van der Waals surface area contributed by atoms with E-state index in [9.17, 15) is 9.59 Å². The van der Waals surface area contributed by atoms with Gasteiger partial charge in [0.2, 0.25) is 11.8 Å². The van der Waals surface area contributed by atoms with Crippen LogP contribution in [0.3, 0.4) is 0 Å². The van der Waals surface area contributed by atoms with Gasteiger partial charge in [0.05, 0.1) is 29.4 Å². The van der Waals surface area contributed by atoms with Crippen LogP contribution in [-0.4, -0.2) is 48.3 Å². The van der Waals surface area contributed by atoms with E-state index >= 15 is 0 Å². The van der Waals surface area contributed by atoms with Crippen LogP contribution in [-0.2, 0) is 18.3 Å². The van der Waals surface area contributed by atoms with E-state index in [1.54, 1.807) is 15.4 Å².